The number of anilines is 2. The molecule has 0 radical (unpaired) electrons. The summed E-state index contributed by atoms with van der Waals surface area (Å²) in [6.45, 7) is 3.71. The lowest BCUT2D eigenvalue weighted by molar-refractivity contribution is -0.121. The number of hydrogen-bond acceptors (Lipinski definition) is 3. The highest BCUT2D eigenvalue weighted by Gasteiger charge is 2.41. The quantitative estimate of drug-likeness (QED) is 0.499. The molecule has 1 aliphatic heterocycles. The van der Waals surface area contributed by atoms with Gasteiger partial charge in [0.05, 0.1) is 17.4 Å². The number of ketones is 1. The van der Waals surface area contributed by atoms with Crippen LogP contribution in [0.25, 0.3) is 0 Å². The fourth-order valence-corrected chi connectivity index (χ4v) is 5.03. The molecule has 5 heteroatoms. The van der Waals surface area contributed by atoms with Gasteiger partial charge in [0.2, 0.25) is 5.91 Å². The maximum absolute atomic E-state index is 13.8. The van der Waals surface area contributed by atoms with Crippen LogP contribution in [-0.4, -0.2) is 11.7 Å². The fraction of sp³-hybridized carbons (Fsp3) is 0.241. The van der Waals surface area contributed by atoms with E-state index in [9.17, 15) is 14.0 Å². The van der Waals surface area contributed by atoms with Crippen LogP contribution in [0.3, 0.4) is 0 Å². The lowest BCUT2D eigenvalue weighted by Gasteiger charge is -2.36. The zero-order chi connectivity index (χ0) is 23.8. The molecule has 0 unspecified atom stereocenters. The van der Waals surface area contributed by atoms with Gasteiger partial charge in [-0.3, -0.25) is 14.5 Å². The van der Waals surface area contributed by atoms with Gasteiger partial charge in [0.15, 0.2) is 5.78 Å². The number of carbonyl (C=O) groups is 2. The zero-order valence-corrected chi connectivity index (χ0v) is 19.3. The molecule has 0 saturated carbocycles. The summed E-state index contributed by atoms with van der Waals surface area (Å²) in [7, 11) is 0. The first-order chi connectivity index (χ1) is 16.4. The SMILES string of the molecule is CC(C)C(=O)N1c2ccccc2NC2=C(C(=O)C[C@@H](c3ccccc3)C2)[C@@H]1c1ccc(F)cc1. The summed E-state index contributed by atoms with van der Waals surface area (Å²) in [5.41, 5.74) is 4.75. The van der Waals surface area contributed by atoms with Crippen molar-refractivity contribution in [1.29, 1.82) is 0 Å². The lowest BCUT2D eigenvalue weighted by Crippen LogP contribution is -2.40. The minimum atomic E-state index is -0.633. The average Bonchev–Trinajstić information content (AvgIpc) is 2.99. The van der Waals surface area contributed by atoms with Crippen molar-refractivity contribution < 1.29 is 14.0 Å². The summed E-state index contributed by atoms with van der Waals surface area (Å²) in [6.07, 6.45) is 1.02. The Morgan fingerprint density at radius 2 is 1.59 bits per heavy atom. The van der Waals surface area contributed by atoms with E-state index in [1.165, 1.54) is 12.1 Å². The number of rotatable bonds is 3. The molecule has 2 aliphatic rings. The van der Waals surface area contributed by atoms with Gasteiger partial charge in [-0.25, -0.2) is 4.39 Å². The molecule has 2 atom stereocenters. The summed E-state index contributed by atoms with van der Waals surface area (Å²) in [5.74, 6) is -0.671. The maximum atomic E-state index is 13.8. The van der Waals surface area contributed by atoms with Gasteiger partial charge < -0.3 is 5.32 Å². The minimum absolute atomic E-state index is 0.00582. The van der Waals surface area contributed by atoms with Gasteiger partial charge in [0.25, 0.3) is 0 Å². The minimum Gasteiger partial charge on any atom is -0.357 e. The van der Waals surface area contributed by atoms with Gasteiger partial charge >= 0.3 is 0 Å². The Hall–Kier alpha value is -3.73. The van der Waals surface area contributed by atoms with Crippen LogP contribution in [0.4, 0.5) is 15.8 Å². The first-order valence-corrected chi connectivity index (χ1v) is 11.7. The van der Waals surface area contributed by atoms with Crippen LogP contribution in [0.1, 0.15) is 49.8 Å². The van der Waals surface area contributed by atoms with E-state index in [1.54, 1.807) is 17.0 Å². The predicted molar refractivity (Wildman–Crippen MR) is 132 cm³/mol. The Kier molecular flexibility index (Phi) is 5.78. The Balaban J connectivity index is 1.72. The molecule has 0 bridgehead atoms. The van der Waals surface area contributed by atoms with Crippen molar-refractivity contribution in [2.45, 2.75) is 38.6 Å². The summed E-state index contributed by atoms with van der Waals surface area (Å²) in [5, 5.41) is 3.52. The number of halogens is 1. The second-order valence-corrected chi connectivity index (χ2v) is 9.29. The van der Waals surface area contributed by atoms with Crippen molar-refractivity contribution in [3.8, 4) is 0 Å². The van der Waals surface area contributed by atoms with E-state index in [4.69, 9.17) is 0 Å². The standard InChI is InChI=1S/C29H27FN2O2/c1-18(2)29(34)32-25-11-7-6-10-23(25)31-24-16-21(19-8-4-3-5-9-19)17-26(33)27(24)28(32)20-12-14-22(30)15-13-20/h3-15,18,21,28,31H,16-17H2,1-2H3/t21-,28-/m0/s1. The molecular formula is C29H27FN2O2. The number of benzene rings is 3. The molecule has 1 N–H and O–H groups in total. The summed E-state index contributed by atoms with van der Waals surface area (Å²) < 4.78 is 13.8. The van der Waals surface area contributed by atoms with E-state index in [1.807, 2.05) is 56.3 Å². The summed E-state index contributed by atoms with van der Waals surface area (Å²) in [6, 6.07) is 23.2. The van der Waals surface area contributed by atoms with Gasteiger partial charge in [-0.1, -0.05) is 68.4 Å². The number of Topliss-reactive ketones (excluding diaryl/α,β-unsaturated/α-hetero) is 1. The number of fused-ring (bicyclic) bond motifs is 1. The van der Waals surface area contributed by atoms with Crippen LogP contribution in [-0.2, 0) is 9.59 Å². The number of hydrogen-bond donors (Lipinski definition) is 1. The van der Waals surface area contributed by atoms with Crippen molar-refractivity contribution >= 4 is 23.1 Å². The predicted octanol–water partition coefficient (Wildman–Crippen LogP) is 6.38. The van der Waals surface area contributed by atoms with Crippen LogP contribution in [0.5, 0.6) is 0 Å². The molecule has 0 saturated heterocycles. The second kappa shape index (κ2) is 8.90. The third kappa shape index (κ3) is 3.92. The van der Waals surface area contributed by atoms with Gasteiger partial charge in [-0.2, -0.15) is 0 Å². The molecular weight excluding hydrogens is 427 g/mol. The molecule has 1 heterocycles. The molecule has 172 valence electrons. The van der Waals surface area contributed by atoms with E-state index in [2.05, 4.69) is 17.4 Å². The Morgan fingerprint density at radius 1 is 0.912 bits per heavy atom. The van der Waals surface area contributed by atoms with E-state index in [-0.39, 0.29) is 29.3 Å². The molecule has 0 aromatic heterocycles. The van der Waals surface area contributed by atoms with Crippen molar-refractivity contribution in [2.75, 3.05) is 10.2 Å². The van der Waals surface area contributed by atoms with Crippen molar-refractivity contribution in [1.82, 2.24) is 0 Å². The number of allylic oxidation sites excluding steroid dienone is 1. The van der Waals surface area contributed by atoms with Crippen molar-refractivity contribution in [2.24, 2.45) is 5.92 Å². The molecule has 3 aromatic rings. The number of amides is 1. The summed E-state index contributed by atoms with van der Waals surface area (Å²) >= 11 is 0. The largest absolute Gasteiger partial charge is 0.357 e. The number of nitrogens with one attached hydrogen (secondary N) is 1. The van der Waals surface area contributed by atoms with E-state index >= 15 is 0 Å². The molecule has 4 nitrogen and oxygen atoms in total. The highest BCUT2D eigenvalue weighted by molar-refractivity contribution is 6.06. The van der Waals surface area contributed by atoms with Crippen molar-refractivity contribution in [3.63, 3.8) is 0 Å². The molecule has 0 spiro atoms. The number of para-hydroxylation sites is 2. The Morgan fingerprint density at radius 3 is 2.29 bits per heavy atom. The molecule has 3 aromatic carbocycles. The zero-order valence-electron chi connectivity index (χ0n) is 19.3. The van der Waals surface area contributed by atoms with Crippen LogP contribution in [0.15, 0.2) is 90.1 Å². The van der Waals surface area contributed by atoms with Crippen LogP contribution in [0.2, 0.25) is 0 Å². The average molecular weight is 455 g/mol. The third-order valence-corrected chi connectivity index (χ3v) is 6.68. The van der Waals surface area contributed by atoms with E-state index in [0.717, 1.165) is 16.9 Å². The topological polar surface area (TPSA) is 49.4 Å². The number of carbonyl (C=O) groups excluding carboxylic acids is 2. The second-order valence-electron chi connectivity index (χ2n) is 9.29. The van der Waals surface area contributed by atoms with Crippen LogP contribution in [0, 0.1) is 11.7 Å². The van der Waals surface area contributed by atoms with Gasteiger partial charge in [-0.05, 0) is 47.7 Å². The normalized spacial score (nSPS) is 19.9. The van der Waals surface area contributed by atoms with Gasteiger partial charge in [-0.15, -0.1) is 0 Å². The highest BCUT2D eigenvalue weighted by Crippen LogP contribution is 2.47. The van der Waals surface area contributed by atoms with E-state index in [0.29, 0.717) is 29.7 Å². The third-order valence-electron chi connectivity index (χ3n) is 6.68. The molecule has 5 rings (SSSR count). The van der Waals surface area contributed by atoms with Crippen LogP contribution >= 0.6 is 0 Å². The molecule has 0 fully saturated rings. The fourth-order valence-electron chi connectivity index (χ4n) is 5.03. The van der Waals surface area contributed by atoms with Crippen LogP contribution < -0.4 is 10.2 Å². The molecule has 34 heavy (non-hydrogen) atoms. The Labute approximate surface area is 199 Å². The smallest absolute Gasteiger partial charge is 0.230 e. The first kappa shape index (κ1) is 22.1. The number of nitrogens with zero attached hydrogens (tertiary/aromatic N) is 1. The monoisotopic (exact) mass is 454 g/mol. The van der Waals surface area contributed by atoms with E-state index < -0.39 is 6.04 Å². The summed E-state index contributed by atoms with van der Waals surface area (Å²) in [4.78, 5) is 29.1. The molecule has 1 aliphatic carbocycles. The maximum Gasteiger partial charge on any atom is 0.230 e. The van der Waals surface area contributed by atoms with Crippen molar-refractivity contribution in [3.05, 3.63) is 107 Å². The first-order valence-electron chi connectivity index (χ1n) is 11.7. The molecule has 1 amide bonds. The Bertz CT molecular complexity index is 1260. The highest BCUT2D eigenvalue weighted by atomic mass is 19.1. The van der Waals surface area contributed by atoms with Gasteiger partial charge in [0.1, 0.15) is 5.82 Å². The lowest BCUT2D eigenvalue weighted by atomic mass is 9.78. The van der Waals surface area contributed by atoms with Gasteiger partial charge in [0, 0.05) is 23.6 Å².